The average molecular weight is 450 g/mol. The molecule has 3 aromatic rings. The molecule has 166 valence electrons. The van der Waals surface area contributed by atoms with Gasteiger partial charge in [-0.15, -0.1) is 11.3 Å². The van der Waals surface area contributed by atoms with Crippen LogP contribution >= 0.6 is 11.3 Å². The summed E-state index contributed by atoms with van der Waals surface area (Å²) in [6.07, 6.45) is 0.947. The van der Waals surface area contributed by atoms with Crippen molar-refractivity contribution in [2.45, 2.75) is 26.7 Å². The SMILES string of the molecule is COc1ccc(C)cc1N1CC(C(=O)NCCc2ccc(-c3csc(C)n3)cc2)CC1=O. The number of aryl methyl sites for hydroxylation is 2. The van der Waals surface area contributed by atoms with E-state index in [1.165, 1.54) is 0 Å². The Morgan fingerprint density at radius 2 is 2.00 bits per heavy atom. The normalized spacial score (nSPS) is 15.8. The van der Waals surface area contributed by atoms with E-state index in [1.54, 1.807) is 23.3 Å². The number of anilines is 1. The summed E-state index contributed by atoms with van der Waals surface area (Å²) >= 11 is 1.64. The van der Waals surface area contributed by atoms with Crippen LogP contribution in [-0.4, -0.2) is 37.0 Å². The third-order valence-electron chi connectivity index (χ3n) is 5.70. The van der Waals surface area contributed by atoms with E-state index < -0.39 is 0 Å². The Hall–Kier alpha value is -3.19. The highest BCUT2D eigenvalue weighted by Gasteiger charge is 2.36. The lowest BCUT2D eigenvalue weighted by Gasteiger charge is -2.20. The van der Waals surface area contributed by atoms with Crippen molar-refractivity contribution < 1.29 is 14.3 Å². The molecule has 4 rings (SSSR count). The number of nitrogens with zero attached hydrogens (tertiary/aromatic N) is 2. The van der Waals surface area contributed by atoms with Crippen molar-refractivity contribution in [1.29, 1.82) is 0 Å². The Labute approximate surface area is 192 Å². The lowest BCUT2D eigenvalue weighted by Crippen LogP contribution is -2.34. The number of methoxy groups -OCH3 is 1. The second kappa shape index (κ2) is 9.53. The maximum absolute atomic E-state index is 12.7. The van der Waals surface area contributed by atoms with Crippen LogP contribution in [0.5, 0.6) is 5.75 Å². The highest BCUT2D eigenvalue weighted by Crippen LogP contribution is 2.34. The molecule has 0 bridgehead atoms. The van der Waals surface area contributed by atoms with E-state index in [1.807, 2.05) is 32.0 Å². The van der Waals surface area contributed by atoms with Gasteiger partial charge in [0.25, 0.3) is 0 Å². The zero-order chi connectivity index (χ0) is 22.7. The number of aromatic nitrogens is 1. The molecular weight excluding hydrogens is 422 g/mol. The Morgan fingerprint density at radius 3 is 2.69 bits per heavy atom. The molecule has 6 nitrogen and oxygen atoms in total. The first-order valence-electron chi connectivity index (χ1n) is 10.7. The second-order valence-corrected chi connectivity index (χ2v) is 9.13. The van der Waals surface area contributed by atoms with Gasteiger partial charge in [0.2, 0.25) is 11.8 Å². The van der Waals surface area contributed by atoms with Gasteiger partial charge >= 0.3 is 0 Å². The van der Waals surface area contributed by atoms with Gasteiger partial charge in [0, 0.05) is 30.5 Å². The Morgan fingerprint density at radius 1 is 1.22 bits per heavy atom. The summed E-state index contributed by atoms with van der Waals surface area (Å²) in [7, 11) is 1.59. The zero-order valence-corrected chi connectivity index (χ0v) is 19.4. The van der Waals surface area contributed by atoms with Gasteiger partial charge in [-0.3, -0.25) is 9.59 Å². The first-order chi connectivity index (χ1) is 15.4. The molecule has 0 saturated carbocycles. The lowest BCUT2D eigenvalue weighted by atomic mass is 10.1. The van der Waals surface area contributed by atoms with Crippen molar-refractivity contribution in [2.24, 2.45) is 5.92 Å². The number of rotatable bonds is 7. The van der Waals surface area contributed by atoms with Crippen LogP contribution in [-0.2, 0) is 16.0 Å². The molecule has 2 heterocycles. The fourth-order valence-electron chi connectivity index (χ4n) is 3.94. The third kappa shape index (κ3) is 4.83. The minimum absolute atomic E-state index is 0.0538. The van der Waals surface area contributed by atoms with Gasteiger partial charge in [-0.25, -0.2) is 4.98 Å². The summed E-state index contributed by atoms with van der Waals surface area (Å²) in [5.74, 6) is 0.147. The molecule has 1 saturated heterocycles. The van der Waals surface area contributed by atoms with Crippen molar-refractivity contribution in [2.75, 3.05) is 25.1 Å². The zero-order valence-electron chi connectivity index (χ0n) is 18.6. The Bertz CT molecular complexity index is 1120. The Balaban J connectivity index is 1.31. The van der Waals surface area contributed by atoms with Crippen LogP contribution in [0, 0.1) is 19.8 Å². The van der Waals surface area contributed by atoms with Crippen molar-refractivity contribution in [1.82, 2.24) is 10.3 Å². The van der Waals surface area contributed by atoms with Gasteiger partial charge in [0.1, 0.15) is 5.75 Å². The smallest absolute Gasteiger partial charge is 0.227 e. The standard InChI is InChI=1S/C25H27N3O3S/c1-16-4-9-23(31-3)22(12-16)28-14-20(13-24(28)29)25(30)26-11-10-18-5-7-19(8-6-18)21-15-32-17(2)27-21/h4-9,12,15,20H,10-11,13-14H2,1-3H3,(H,26,30). The molecule has 1 N–H and O–H groups in total. The molecule has 1 unspecified atom stereocenters. The fourth-order valence-corrected chi connectivity index (χ4v) is 4.56. The van der Waals surface area contributed by atoms with E-state index in [0.29, 0.717) is 18.8 Å². The number of thiazole rings is 1. The molecule has 1 atom stereocenters. The van der Waals surface area contributed by atoms with Crippen molar-refractivity contribution in [3.63, 3.8) is 0 Å². The van der Waals surface area contributed by atoms with Crippen LogP contribution in [0.25, 0.3) is 11.3 Å². The summed E-state index contributed by atoms with van der Waals surface area (Å²) in [5, 5.41) is 6.11. The van der Waals surface area contributed by atoms with Crippen LogP contribution in [0.4, 0.5) is 5.69 Å². The number of amides is 2. The summed E-state index contributed by atoms with van der Waals surface area (Å²) in [5.41, 5.74) is 5.00. The predicted octanol–water partition coefficient (Wildman–Crippen LogP) is 4.15. The summed E-state index contributed by atoms with van der Waals surface area (Å²) in [6, 6.07) is 14.0. The number of benzene rings is 2. The van der Waals surface area contributed by atoms with E-state index in [0.717, 1.165) is 39.5 Å². The van der Waals surface area contributed by atoms with E-state index in [2.05, 4.69) is 39.9 Å². The molecule has 0 spiro atoms. The van der Waals surface area contributed by atoms with Crippen LogP contribution in [0.3, 0.4) is 0 Å². The molecule has 2 amide bonds. The maximum Gasteiger partial charge on any atom is 0.227 e. The molecule has 1 aromatic heterocycles. The fraction of sp³-hybridized carbons (Fsp3) is 0.320. The van der Waals surface area contributed by atoms with Crippen molar-refractivity contribution >= 4 is 28.8 Å². The predicted molar refractivity (Wildman–Crippen MR) is 127 cm³/mol. The highest BCUT2D eigenvalue weighted by molar-refractivity contribution is 7.09. The molecular formula is C25H27N3O3S. The van der Waals surface area contributed by atoms with Gasteiger partial charge in [-0.2, -0.15) is 0 Å². The quantitative estimate of drug-likeness (QED) is 0.588. The third-order valence-corrected chi connectivity index (χ3v) is 6.48. The number of hydrogen-bond acceptors (Lipinski definition) is 5. The van der Waals surface area contributed by atoms with Crippen LogP contribution in [0.1, 0.15) is 22.6 Å². The molecule has 32 heavy (non-hydrogen) atoms. The molecule has 1 aliphatic heterocycles. The van der Waals surface area contributed by atoms with Gasteiger partial charge in [-0.1, -0.05) is 30.3 Å². The topological polar surface area (TPSA) is 71.5 Å². The van der Waals surface area contributed by atoms with E-state index >= 15 is 0 Å². The number of carbonyl (C=O) groups is 2. The minimum atomic E-state index is -0.358. The molecule has 1 fully saturated rings. The molecule has 0 aliphatic carbocycles. The first-order valence-corrected chi connectivity index (χ1v) is 11.6. The monoisotopic (exact) mass is 449 g/mol. The average Bonchev–Trinajstić information content (AvgIpc) is 3.40. The molecule has 7 heteroatoms. The minimum Gasteiger partial charge on any atom is -0.495 e. The van der Waals surface area contributed by atoms with Gasteiger partial charge in [0.15, 0.2) is 0 Å². The number of hydrogen-bond donors (Lipinski definition) is 1. The van der Waals surface area contributed by atoms with Crippen molar-refractivity contribution in [3.05, 3.63) is 64.0 Å². The number of nitrogens with one attached hydrogen (secondary N) is 1. The Kier molecular flexibility index (Phi) is 6.55. The van der Waals surface area contributed by atoms with Gasteiger partial charge in [0.05, 0.1) is 29.4 Å². The van der Waals surface area contributed by atoms with Crippen molar-refractivity contribution in [3.8, 4) is 17.0 Å². The van der Waals surface area contributed by atoms with Crippen LogP contribution in [0.2, 0.25) is 0 Å². The number of carbonyl (C=O) groups excluding carboxylic acids is 2. The first kappa shape index (κ1) is 22.0. The molecule has 0 radical (unpaired) electrons. The molecule has 1 aliphatic rings. The van der Waals surface area contributed by atoms with Crippen LogP contribution in [0.15, 0.2) is 47.8 Å². The summed E-state index contributed by atoms with van der Waals surface area (Å²) < 4.78 is 5.41. The number of ether oxygens (including phenoxy) is 1. The van der Waals surface area contributed by atoms with Crippen LogP contribution < -0.4 is 15.0 Å². The summed E-state index contributed by atoms with van der Waals surface area (Å²) in [4.78, 5) is 31.5. The van der Waals surface area contributed by atoms with E-state index in [4.69, 9.17) is 4.74 Å². The summed E-state index contributed by atoms with van der Waals surface area (Å²) in [6.45, 7) is 4.87. The van der Waals surface area contributed by atoms with E-state index in [-0.39, 0.29) is 24.2 Å². The van der Waals surface area contributed by atoms with E-state index in [9.17, 15) is 9.59 Å². The highest BCUT2D eigenvalue weighted by atomic mass is 32.1. The second-order valence-electron chi connectivity index (χ2n) is 8.07. The maximum atomic E-state index is 12.7. The van der Waals surface area contributed by atoms with Gasteiger partial charge < -0.3 is 15.0 Å². The largest absolute Gasteiger partial charge is 0.495 e. The van der Waals surface area contributed by atoms with Gasteiger partial charge in [-0.05, 0) is 43.5 Å². The lowest BCUT2D eigenvalue weighted by molar-refractivity contribution is -0.126. The molecule has 2 aromatic carbocycles.